The van der Waals surface area contributed by atoms with Gasteiger partial charge in [0.2, 0.25) is 10.0 Å². The van der Waals surface area contributed by atoms with E-state index in [1.165, 1.54) is 18.2 Å². The normalized spacial score (nSPS) is 19.0. The Kier molecular flexibility index (Phi) is 7.86. The molecule has 1 aliphatic rings. The fraction of sp³-hybridized carbons (Fsp3) is 0.320. The van der Waals surface area contributed by atoms with Crippen molar-refractivity contribution >= 4 is 49.5 Å². The molecular formula is C25H29N3O6S3. The van der Waals surface area contributed by atoms with Crippen molar-refractivity contribution in [3.63, 3.8) is 0 Å². The number of rotatable bonds is 7. The molecule has 1 aliphatic heterocycles. The summed E-state index contributed by atoms with van der Waals surface area (Å²) in [7, 11) is -8.12. The van der Waals surface area contributed by atoms with E-state index in [9.17, 15) is 21.6 Å². The molecule has 1 amide bonds. The van der Waals surface area contributed by atoms with Crippen LogP contribution in [0.2, 0.25) is 0 Å². The van der Waals surface area contributed by atoms with Crippen LogP contribution in [0.1, 0.15) is 25.8 Å². The van der Waals surface area contributed by atoms with Gasteiger partial charge < -0.3 is 4.74 Å². The van der Waals surface area contributed by atoms with Gasteiger partial charge in [-0.3, -0.25) is 0 Å². The molecule has 3 aromatic carbocycles. The predicted molar refractivity (Wildman–Crippen MR) is 144 cm³/mol. The van der Waals surface area contributed by atoms with Crippen LogP contribution < -0.4 is 5.43 Å². The number of hydrogen-bond acceptors (Lipinski definition) is 7. The maximum atomic E-state index is 13.5. The van der Waals surface area contributed by atoms with Crippen molar-refractivity contribution in [3.8, 4) is 0 Å². The van der Waals surface area contributed by atoms with E-state index in [1.807, 2.05) is 31.2 Å². The molecule has 0 unspecified atom stereocenters. The number of carbonyl (C=O) groups is 1. The minimum Gasteiger partial charge on any atom is -0.428 e. The van der Waals surface area contributed by atoms with Crippen LogP contribution in [0.5, 0.6) is 0 Å². The lowest BCUT2D eigenvalue weighted by molar-refractivity contribution is 0.0410. The van der Waals surface area contributed by atoms with Gasteiger partial charge in [0.25, 0.3) is 10.0 Å². The van der Waals surface area contributed by atoms with Gasteiger partial charge in [0, 0.05) is 24.3 Å². The summed E-state index contributed by atoms with van der Waals surface area (Å²) in [5.41, 5.74) is 3.17. The number of hydrogen-bond donors (Lipinski definition) is 2. The van der Waals surface area contributed by atoms with Crippen LogP contribution in [-0.2, 0) is 24.8 Å². The number of carbonyl (C=O) groups excluding carboxylic acids is 1. The van der Waals surface area contributed by atoms with Crippen LogP contribution in [0.25, 0.3) is 10.8 Å². The van der Waals surface area contributed by atoms with E-state index < -0.39 is 38.4 Å². The number of benzene rings is 3. The molecule has 198 valence electrons. The summed E-state index contributed by atoms with van der Waals surface area (Å²) >= 11 is 4.42. The second-order valence-electron chi connectivity index (χ2n) is 9.15. The van der Waals surface area contributed by atoms with E-state index in [-0.39, 0.29) is 28.0 Å². The Morgan fingerprint density at radius 2 is 1.62 bits per heavy atom. The van der Waals surface area contributed by atoms with Crippen molar-refractivity contribution in [2.24, 2.45) is 0 Å². The van der Waals surface area contributed by atoms with Gasteiger partial charge in [-0.25, -0.2) is 27.1 Å². The zero-order chi connectivity index (χ0) is 27.0. The Morgan fingerprint density at radius 1 is 1.00 bits per heavy atom. The molecule has 0 bridgehead atoms. The van der Waals surface area contributed by atoms with Crippen molar-refractivity contribution in [1.82, 2.24) is 14.1 Å². The summed E-state index contributed by atoms with van der Waals surface area (Å²) in [6.45, 7) is 5.07. The van der Waals surface area contributed by atoms with Crippen molar-refractivity contribution in [2.45, 2.75) is 54.5 Å². The molecule has 0 radical (unpaired) electrons. The number of hydrazine groups is 1. The first-order valence-corrected chi connectivity index (χ1v) is 15.1. The van der Waals surface area contributed by atoms with E-state index in [2.05, 4.69) is 18.1 Å². The van der Waals surface area contributed by atoms with Crippen molar-refractivity contribution in [1.29, 1.82) is 0 Å². The number of thiol groups is 1. The number of fused-ring (bicyclic) bond motifs is 1. The maximum Gasteiger partial charge on any atom is 0.424 e. The van der Waals surface area contributed by atoms with Gasteiger partial charge in [-0.1, -0.05) is 48.0 Å². The molecular weight excluding hydrogens is 534 g/mol. The Hall–Kier alpha value is -2.64. The van der Waals surface area contributed by atoms with Gasteiger partial charge >= 0.3 is 6.09 Å². The minimum absolute atomic E-state index is 0.00361. The third-order valence-electron chi connectivity index (χ3n) is 6.00. The lowest BCUT2D eigenvalue weighted by Crippen LogP contribution is -2.51. The van der Waals surface area contributed by atoms with Crippen molar-refractivity contribution < 1.29 is 26.4 Å². The van der Waals surface area contributed by atoms with Crippen LogP contribution in [0.4, 0.5) is 4.79 Å². The van der Waals surface area contributed by atoms with Crippen LogP contribution in [0.3, 0.4) is 0 Å². The monoisotopic (exact) mass is 563 g/mol. The van der Waals surface area contributed by atoms with E-state index in [0.29, 0.717) is 0 Å². The molecule has 12 heteroatoms. The molecule has 0 aliphatic carbocycles. The minimum atomic E-state index is -4.09. The number of nitrogens with one attached hydrogen (secondary N) is 1. The molecule has 4 rings (SSSR count). The Balaban J connectivity index is 1.55. The molecule has 1 N–H and O–H groups in total. The third kappa shape index (κ3) is 5.78. The molecule has 2 atom stereocenters. The van der Waals surface area contributed by atoms with Crippen LogP contribution >= 0.6 is 12.6 Å². The molecule has 37 heavy (non-hydrogen) atoms. The molecule has 1 fully saturated rings. The zero-order valence-corrected chi connectivity index (χ0v) is 23.1. The lowest BCUT2D eigenvalue weighted by atomic mass is 10.1. The summed E-state index contributed by atoms with van der Waals surface area (Å²) in [5.74, 6) is 0. The first kappa shape index (κ1) is 27.4. The van der Waals surface area contributed by atoms with Crippen LogP contribution in [-0.4, -0.2) is 55.7 Å². The summed E-state index contributed by atoms with van der Waals surface area (Å²) in [6.07, 6.45) is -2.10. The molecule has 3 aromatic rings. The van der Waals surface area contributed by atoms with E-state index in [4.69, 9.17) is 4.74 Å². The fourth-order valence-corrected chi connectivity index (χ4v) is 7.63. The van der Waals surface area contributed by atoms with Gasteiger partial charge in [-0.2, -0.15) is 16.9 Å². The van der Waals surface area contributed by atoms with Crippen molar-refractivity contribution in [3.05, 3.63) is 72.3 Å². The molecule has 0 aromatic heterocycles. The highest BCUT2D eigenvalue weighted by Gasteiger charge is 2.42. The SMILES string of the molecule is Cc1ccc(S(=O)(=O)N(NC(=O)O[C@H]2C[C@@H](S)CN2S(=O)(=O)c2ccc3ccccc3c2)C(C)C)cc1. The topological polar surface area (TPSA) is 113 Å². The highest BCUT2D eigenvalue weighted by molar-refractivity contribution is 7.89. The summed E-state index contributed by atoms with van der Waals surface area (Å²) in [6, 6.07) is 17.8. The van der Waals surface area contributed by atoms with Gasteiger partial charge in [0.1, 0.15) is 0 Å². The number of nitrogens with zero attached hydrogens (tertiary/aromatic N) is 2. The van der Waals surface area contributed by atoms with Crippen molar-refractivity contribution in [2.75, 3.05) is 6.54 Å². The summed E-state index contributed by atoms with van der Waals surface area (Å²) in [4.78, 5) is 12.9. The predicted octanol–water partition coefficient (Wildman–Crippen LogP) is 3.91. The second-order valence-corrected chi connectivity index (χ2v) is 13.6. The van der Waals surface area contributed by atoms with Gasteiger partial charge in [-0.05, 0) is 55.8 Å². The van der Waals surface area contributed by atoms with Gasteiger partial charge in [-0.15, -0.1) is 4.41 Å². The molecule has 1 saturated heterocycles. The zero-order valence-electron chi connectivity index (χ0n) is 20.6. The highest BCUT2D eigenvalue weighted by Crippen LogP contribution is 2.31. The Morgan fingerprint density at radius 3 is 2.27 bits per heavy atom. The Labute approximate surface area is 222 Å². The quantitative estimate of drug-likeness (QED) is 0.333. The number of sulfonamides is 2. The average Bonchev–Trinajstić information content (AvgIpc) is 3.22. The first-order valence-electron chi connectivity index (χ1n) is 11.7. The van der Waals surface area contributed by atoms with Crippen LogP contribution in [0, 0.1) is 6.92 Å². The van der Waals surface area contributed by atoms with E-state index >= 15 is 0 Å². The standard InChI is InChI=1S/C25H29N3O6S3/c1-17(2)28(37(32,33)22-11-8-18(3)9-12-22)26-25(29)34-24-15-21(35)16-27(24)36(30,31)23-13-10-19-6-4-5-7-20(19)14-23/h4-14,17,21,24,35H,15-16H2,1-3H3,(H,26,29)/t21-,24+/m1/s1. The molecule has 0 spiro atoms. The average molecular weight is 564 g/mol. The lowest BCUT2D eigenvalue weighted by Gasteiger charge is -2.28. The smallest absolute Gasteiger partial charge is 0.424 e. The Bertz CT molecular complexity index is 1510. The summed E-state index contributed by atoms with van der Waals surface area (Å²) < 4.78 is 60.7. The van der Waals surface area contributed by atoms with E-state index in [1.54, 1.807) is 38.1 Å². The highest BCUT2D eigenvalue weighted by atomic mass is 32.2. The number of aryl methyl sites for hydroxylation is 1. The second kappa shape index (κ2) is 10.6. The summed E-state index contributed by atoms with van der Waals surface area (Å²) in [5, 5.41) is 1.28. The fourth-order valence-electron chi connectivity index (χ4n) is 4.10. The van der Waals surface area contributed by atoms with E-state index in [0.717, 1.165) is 25.1 Å². The molecule has 9 nitrogen and oxygen atoms in total. The largest absolute Gasteiger partial charge is 0.428 e. The molecule has 1 heterocycles. The maximum absolute atomic E-state index is 13.5. The van der Waals surface area contributed by atoms with Gasteiger partial charge in [0.15, 0.2) is 6.23 Å². The number of ether oxygens (including phenoxy) is 1. The van der Waals surface area contributed by atoms with Crippen LogP contribution in [0.15, 0.2) is 76.5 Å². The van der Waals surface area contributed by atoms with Gasteiger partial charge in [0.05, 0.1) is 9.79 Å². The third-order valence-corrected chi connectivity index (χ3v) is 10.1. The number of amides is 1. The first-order chi connectivity index (χ1) is 17.4. The molecule has 0 saturated carbocycles.